The van der Waals surface area contributed by atoms with E-state index in [0.29, 0.717) is 23.5 Å². The first-order chi connectivity index (χ1) is 11.2. The summed E-state index contributed by atoms with van der Waals surface area (Å²) in [4.78, 5) is 25.0. The largest absolute Gasteiger partial charge is 0.332 e. The van der Waals surface area contributed by atoms with Gasteiger partial charge in [-0.2, -0.15) is 0 Å². The summed E-state index contributed by atoms with van der Waals surface area (Å²) in [7, 11) is 0. The molecule has 0 bridgehead atoms. The average Bonchev–Trinajstić information content (AvgIpc) is 2.61. The molecule has 1 N–H and O–H groups in total. The first-order valence-corrected chi connectivity index (χ1v) is 7.54. The maximum atomic E-state index is 11.8. The van der Waals surface area contributed by atoms with Gasteiger partial charge in [0.1, 0.15) is 5.52 Å². The summed E-state index contributed by atoms with van der Waals surface area (Å²) in [5, 5.41) is 2.64. The molecule has 1 aromatic carbocycles. The summed E-state index contributed by atoms with van der Waals surface area (Å²) < 4.78 is 1.25. The molecule has 23 heavy (non-hydrogen) atoms. The van der Waals surface area contributed by atoms with Crippen LogP contribution in [0.3, 0.4) is 0 Å². The molecule has 3 aromatic rings. The number of hydrogen-bond acceptors (Lipinski definition) is 5. The quantitative estimate of drug-likeness (QED) is 0.724. The molecule has 0 saturated carbocycles. The molecule has 7 heteroatoms. The van der Waals surface area contributed by atoms with E-state index in [1.54, 1.807) is 0 Å². The third-order valence-electron chi connectivity index (χ3n) is 3.25. The van der Waals surface area contributed by atoms with E-state index >= 15 is 0 Å². The predicted molar refractivity (Wildman–Crippen MR) is 93.2 cm³/mol. The molecule has 0 radical (unpaired) electrons. The topological polar surface area (TPSA) is 71.0 Å². The fourth-order valence-electron chi connectivity index (χ4n) is 2.05. The molecule has 0 aliphatic heterocycles. The molecule has 0 aliphatic carbocycles. The Hall–Kier alpha value is -2.67. The molecule has 0 aliphatic rings. The number of hydrogen-bond donors (Lipinski definition) is 2. The lowest BCUT2D eigenvalue weighted by Crippen LogP contribution is -2.27. The van der Waals surface area contributed by atoms with Gasteiger partial charge in [0.2, 0.25) is 0 Å². The minimum absolute atomic E-state index is 0.340. The minimum Gasteiger partial charge on any atom is -0.290 e. The van der Waals surface area contributed by atoms with Gasteiger partial charge in [-0.25, -0.2) is 19.7 Å². The number of carbonyl (C=O) groups is 1. The average molecular weight is 325 g/mol. The number of thiol groups is 1. The molecule has 0 spiro atoms. The van der Waals surface area contributed by atoms with Gasteiger partial charge < -0.3 is 0 Å². The number of fused-ring (bicyclic) bond motifs is 1. The summed E-state index contributed by atoms with van der Waals surface area (Å²) in [6.45, 7) is 2.30. The van der Waals surface area contributed by atoms with E-state index in [9.17, 15) is 4.79 Å². The van der Waals surface area contributed by atoms with Crippen molar-refractivity contribution in [1.82, 2.24) is 19.3 Å². The van der Waals surface area contributed by atoms with E-state index in [4.69, 9.17) is 0 Å². The van der Waals surface area contributed by atoms with Crippen LogP contribution in [0.1, 0.15) is 6.92 Å². The van der Waals surface area contributed by atoms with Gasteiger partial charge in [0.15, 0.2) is 11.5 Å². The Morgan fingerprint density at radius 1 is 1.17 bits per heavy atom. The Kier molecular flexibility index (Phi) is 4.38. The molecule has 2 aromatic heterocycles. The minimum atomic E-state index is -0.358. The van der Waals surface area contributed by atoms with Crippen molar-refractivity contribution in [2.45, 2.75) is 6.92 Å². The summed E-state index contributed by atoms with van der Waals surface area (Å²) >= 11 is 4.05. The van der Waals surface area contributed by atoms with Crippen LogP contribution in [-0.2, 0) is 0 Å². The van der Waals surface area contributed by atoms with E-state index in [-0.39, 0.29) is 6.03 Å². The van der Waals surface area contributed by atoms with Gasteiger partial charge >= 0.3 is 6.03 Å². The van der Waals surface area contributed by atoms with Crippen LogP contribution in [0.2, 0.25) is 0 Å². The molecule has 0 saturated heterocycles. The molecule has 2 heterocycles. The van der Waals surface area contributed by atoms with Crippen LogP contribution in [-0.4, -0.2) is 31.8 Å². The van der Waals surface area contributed by atoms with Gasteiger partial charge in [-0.05, 0) is 19.1 Å². The van der Waals surface area contributed by atoms with Gasteiger partial charge in [0, 0.05) is 12.1 Å². The molecule has 116 valence electrons. The second-order valence-electron chi connectivity index (χ2n) is 4.81. The maximum Gasteiger partial charge on any atom is 0.332 e. The lowest BCUT2D eigenvalue weighted by Gasteiger charge is -2.13. The molecular weight excluding hydrogens is 310 g/mol. The highest BCUT2D eigenvalue weighted by Gasteiger charge is 2.10. The molecule has 6 nitrogen and oxygen atoms in total. The van der Waals surface area contributed by atoms with Crippen LogP contribution < -0.4 is 5.32 Å². The van der Waals surface area contributed by atoms with Crippen molar-refractivity contribution in [3.63, 3.8) is 0 Å². The third-order valence-corrected chi connectivity index (χ3v) is 3.71. The number of aromatic nitrogens is 3. The van der Waals surface area contributed by atoms with Crippen LogP contribution in [0.15, 0.2) is 48.7 Å². The first kappa shape index (κ1) is 15.2. The maximum absolute atomic E-state index is 11.8. The zero-order valence-electron chi connectivity index (χ0n) is 12.5. The lowest BCUT2D eigenvalue weighted by molar-refractivity contribution is 0.240. The molecular formula is C16H15N5OS. The standard InChI is InChI=1S/C16H15N5OS/c1-2-21(23)16(22)20-14-10-17-13-9-8-12(18-15(13)19-14)11-6-4-3-5-7-11/h3-10,23H,2H2,1H3,(H,18,19,20,22). The molecule has 0 fully saturated rings. The van der Waals surface area contributed by atoms with Gasteiger partial charge in [-0.1, -0.05) is 43.1 Å². The van der Waals surface area contributed by atoms with Crippen molar-refractivity contribution >= 4 is 35.8 Å². The van der Waals surface area contributed by atoms with Crippen molar-refractivity contribution in [3.05, 3.63) is 48.7 Å². The summed E-state index contributed by atoms with van der Waals surface area (Å²) in [5.74, 6) is 0.340. The summed E-state index contributed by atoms with van der Waals surface area (Å²) in [6, 6.07) is 13.2. The number of nitrogens with zero attached hydrogens (tertiary/aromatic N) is 4. The fraction of sp³-hybridized carbons (Fsp3) is 0.125. The highest BCUT2D eigenvalue weighted by Crippen LogP contribution is 2.19. The number of anilines is 1. The number of carbonyl (C=O) groups excluding carboxylic acids is 1. The highest BCUT2D eigenvalue weighted by atomic mass is 32.1. The summed E-state index contributed by atoms with van der Waals surface area (Å²) in [5.41, 5.74) is 2.95. The highest BCUT2D eigenvalue weighted by molar-refractivity contribution is 7.78. The van der Waals surface area contributed by atoms with Crippen LogP contribution >= 0.6 is 12.8 Å². The van der Waals surface area contributed by atoms with E-state index < -0.39 is 0 Å². The van der Waals surface area contributed by atoms with Gasteiger partial charge in [0.25, 0.3) is 0 Å². The van der Waals surface area contributed by atoms with Crippen molar-refractivity contribution < 1.29 is 4.79 Å². The third kappa shape index (κ3) is 3.40. The lowest BCUT2D eigenvalue weighted by atomic mass is 10.1. The Morgan fingerprint density at radius 2 is 1.96 bits per heavy atom. The van der Waals surface area contributed by atoms with E-state index in [2.05, 4.69) is 33.1 Å². The number of rotatable bonds is 3. The van der Waals surface area contributed by atoms with Crippen LogP contribution in [0.4, 0.5) is 10.6 Å². The Balaban J connectivity index is 1.93. The van der Waals surface area contributed by atoms with Gasteiger partial charge in [0.05, 0.1) is 11.9 Å². The van der Waals surface area contributed by atoms with Crippen LogP contribution in [0.5, 0.6) is 0 Å². The van der Waals surface area contributed by atoms with E-state index in [0.717, 1.165) is 11.3 Å². The van der Waals surface area contributed by atoms with Gasteiger partial charge in [-0.3, -0.25) is 9.62 Å². The number of amides is 2. The SMILES string of the molecule is CCN(S)C(=O)Nc1cnc2ccc(-c3ccccc3)nc2n1. The number of urea groups is 1. The first-order valence-electron chi connectivity index (χ1n) is 7.14. The zero-order valence-corrected chi connectivity index (χ0v) is 13.4. The van der Waals surface area contributed by atoms with Gasteiger partial charge in [-0.15, -0.1) is 0 Å². The molecule has 0 unspecified atom stereocenters. The second-order valence-corrected chi connectivity index (χ2v) is 5.29. The van der Waals surface area contributed by atoms with Crippen molar-refractivity contribution in [3.8, 4) is 11.3 Å². The fourth-order valence-corrected chi connectivity index (χ4v) is 2.10. The Bertz CT molecular complexity index is 840. The molecule has 2 amide bonds. The van der Waals surface area contributed by atoms with E-state index in [1.165, 1.54) is 10.5 Å². The normalized spacial score (nSPS) is 10.5. The predicted octanol–water partition coefficient (Wildman–Crippen LogP) is 3.39. The Morgan fingerprint density at radius 3 is 2.70 bits per heavy atom. The molecule has 3 rings (SSSR count). The zero-order chi connectivity index (χ0) is 16.2. The monoisotopic (exact) mass is 325 g/mol. The van der Waals surface area contributed by atoms with Crippen molar-refractivity contribution in [2.75, 3.05) is 11.9 Å². The van der Waals surface area contributed by atoms with Crippen molar-refractivity contribution in [1.29, 1.82) is 0 Å². The number of benzene rings is 1. The smallest absolute Gasteiger partial charge is 0.290 e. The number of nitrogens with one attached hydrogen (secondary N) is 1. The van der Waals surface area contributed by atoms with Crippen LogP contribution in [0, 0.1) is 0 Å². The number of pyridine rings is 1. The van der Waals surface area contributed by atoms with Crippen LogP contribution in [0.25, 0.3) is 22.4 Å². The van der Waals surface area contributed by atoms with Crippen molar-refractivity contribution in [2.24, 2.45) is 0 Å². The summed E-state index contributed by atoms with van der Waals surface area (Å²) in [6.07, 6.45) is 1.50. The van der Waals surface area contributed by atoms with E-state index in [1.807, 2.05) is 49.4 Å². The molecule has 0 atom stereocenters. The second kappa shape index (κ2) is 6.62. The Labute approximate surface area is 139 Å².